The number of aromatic nitrogens is 4. The summed E-state index contributed by atoms with van der Waals surface area (Å²) in [5, 5.41) is 8.66. The van der Waals surface area contributed by atoms with Crippen LogP contribution in [0.3, 0.4) is 0 Å². The zero-order valence-corrected chi connectivity index (χ0v) is 11.2. The van der Waals surface area contributed by atoms with Gasteiger partial charge in [-0.2, -0.15) is 10.2 Å². The Balaban J connectivity index is 2.13. The molecule has 0 atom stereocenters. The molecule has 0 saturated carbocycles. The molecule has 1 amide bonds. The first-order valence-electron chi connectivity index (χ1n) is 5.40. The summed E-state index contributed by atoms with van der Waals surface area (Å²) in [6, 6.07) is 1.68. The smallest absolute Gasteiger partial charge is 0.274 e. The molecule has 0 N–H and O–H groups in total. The maximum Gasteiger partial charge on any atom is 0.274 e. The zero-order valence-electron chi connectivity index (χ0n) is 10.5. The number of hydrogen-bond acceptors (Lipinski definition) is 3. The fraction of sp³-hybridized carbons (Fsp3) is 0.364. The fourth-order valence-corrected chi connectivity index (χ4v) is 1.86. The van der Waals surface area contributed by atoms with Crippen molar-refractivity contribution in [2.45, 2.75) is 6.54 Å². The van der Waals surface area contributed by atoms with Crippen molar-refractivity contribution in [3.05, 3.63) is 34.9 Å². The summed E-state index contributed by atoms with van der Waals surface area (Å²) < 4.78 is 3.25. The lowest BCUT2D eigenvalue weighted by atomic mass is 10.3. The highest BCUT2D eigenvalue weighted by Crippen LogP contribution is 2.16. The van der Waals surface area contributed by atoms with Crippen molar-refractivity contribution in [2.75, 3.05) is 7.05 Å². The second kappa shape index (κ2) is 4.81. The predicted octanol–water partition coefficient (Wildman–Crippen LogP) is 1.08. The Morgan fingerprint density at radius 3 is 2.72 bits per heavy atom. The van der Waals surface area contributed by atoms with Crippen LogP contribution in [-0.2, 0) is 20.6 Å². The lowest BCUT2D eigenvalue weighted by Crippen LogP contribution is -2.27. The molecular formula is C11H14ClN5O. The van der Waals surface area contributed by atoms with Crippen molar-refractivity contribution in [2.24, 2.45) is 14.1 Å². The highest BCUT2D eigenvalue weighted by Gasteiger charge is 2.17. The molecular weight excluding hydrogens is 254 g/mol. The number of carbonyl (C=O) groups is 1. The molecule has 0 bridgehead atoms. The topological polar surface area (TPSA) is 56.0 Å². The number of hydrogen-bond donors (Lipinski definition) is 0. The SMILES string of the molecule is CN(Cc1c(Cl)cnn1C)C(=O)c1ccn(C)n1. The molecule has 0 fully saturated rings. The quantitative estimate of drug-likeness (QED) is 0.836. The van der Waals surface area contributed by atoms with Gasteiger partial charge in [-0.05, 0) is 6.07 Å². The molecule has 2 heterocycles. The van der Waals surface area contributed by atoms with E-state index < -0.39 is 0 Å². The van der Waals surface area contributed by atoms with Crippen molar-refractivity contribution in [3.8, 4) is 0 Å². The molecule has 0 aliphatic heterocycles. The molecule has 7 heteroatoms. The van der Waals surface area contributed by atoms with Crippen LogP contribution in [0.1, 0.15) is 16.2 Å². The highest BCUT2D eigenvalue weighted by atomic mass is 35.5. The number of rotatable bonds is 3. The minimum Gasteiger partial charge on any atom is -0.334 e. The van der Waals surface area contributed by atoms with Gasteiger partial charge in [-0.15, -0.1) is 0 Å². The Kier molecular flexibility index (Phi) is 3.38. The first-order chi connectivity index (χ1) is 8.49. The van der Waals surface area contributed by atoms with E-state index in [1.165, 1.54) is 0 Å². The van der Waals surface area contributed by atoms with Crippen LogP contribution in [0, 0.1) is 0 Å². The van der Waals surface area contributed by atoms with E-state index >= 15 is 0 Å². The van der Waals surface area contributed by atoms with Gasteiger partial charge in [0.15, 0.2) is 0 Å². The number of amides is 1. The summed E-state index contributed by atoms with van der Waals surface area (Å²) in [6.07, 6.45) is 3.30. The van der Waals surface area contributed by atoms with E-state index in [2.05, 4.69) is 10.2 Å². The largest absolute Gasteiger partial charge is 0.334 e. The minimum atomic E-state index is -0.145. The number of nitrogens with zero attached hydrogens (tertiary/aromatic N) is 5. The van der Waals surface area contributed by atoms with Gasteiger partial charge in [-0.1, -0.05) is 11.6 Å². The minimum absolute atomic E-state index is 0.145. The van der Waals surface area contributed by atoms with Gasteiger partial charge in [0.2, 0.25) is 0 Å². The lowest BCUT2D eigenvalue weighted by molar-refractivity contribution is 0.0775. The van der Waals surface area contributed by atoms with E-state index in [1.54, 1.807) is 53.9 Å². The van der Waals surface area contributed by atoms with Crippen LogP contribution in [-0.4, -0.2) is 37.4 Å². The maximum absolute atomic E-state index is 12.1. The lowest BCUT2D eigenvalue weighted by Gasteiger charge is -2.16. The monoisotopic (exact) mass is 267 g/mol. The maximum atomic E-state index is 12.1. The van der Waals surface area contributed by atoms with E-state index in [1.807, 2.05) is 0 Å². The summed E-state index contributed by atoms with van der Waals surface area (Å²) in [5.41, 5.74) is 1.21. The van der Waals surface area contributed by atoms with E-state index in [9.17, 15) is 4.79 Å². The Morgan fingerprint density at radius 1 is 1.50 bits per heavy atom. The van der Waals surface area contributed by atoms with Crippen molar-refractivity contribution in [3.63, 3.8) is 0 Å². The van der Waals surface area contributed by atoms with Gasteiger partial charge in [0.1, 0.15) is 5.69 Å². The van der Waals surface area contributed by atoms with Crippen LogP contribution < -0.4 is 0 Å². The van der Waals surface area contributed by atoms with E-state index in [4.69, 9.17) is 11.6 Å². The third-order valence-corrected chi connectivity index (χ3v) is 2.99. The number of aryl methyl sites for hydroxylation is 2. The highest BCUT2D eigenvalue weighted by molar-refractivity contribution is 6.31. The Labute approximate surface area is 110 Å². The van der Waals surface area contributed by atoms with Crippen molar-refractivity contribution in [1.29, 1.82) is 0 Å². The molecule has 6 nitrogen and oxygen atoms in total. The van der Waals surface area contributed by atoms with Crippen molar-refractivity contribution < 1.29 is 4.79 Å². The normalized spacial score (nSPS) is 10.7. The van der Waals surface area contributed by atoms with Gasteiger partial charge in [0, 0.05) is 27.3 Å². The average Bonchev–Trinajstić information content (AvgIpc) is 2.89. The van der Waals surface area contributed by atoms with Gasteiger partial charge in [0.05, 0.1) is 23.5 Å². The Morgan fingerprint density at radius 2 is 2.22 bits per heavy atom. The van der Waals surface area contributed by atoms with Gasteiger partial charge >= 0.3 is 0 Å². The molecule has 0 unspecified atom stereocenters. The molecule has 0 spiro atoms. The molecule has 18 heavy (non-hydrogen) atoms. The first kappa shape index (κ1) is 12.6. The third kappa shape index (κ3) is 2.38. The standard InChI is InChI=1S/C11H14ClN5O/c1-15(7-10-8(12)6-13-17(10)3)11(18)9-4-5-16(2)14-9/h4-6H,7H2,1-3H3. The van der Waals surface area contributed by atoms with Crippen LogP contribution in [0.5, 0.6) is 0 Å². The Bertz CT molecular complexity index is 554. The van der Waals surface area contributed by atoms with Crippen LogP contribution in [0.2, 0.25) is 5.02 Å². The number of carbonyl (C=O) groups excluding carboxylic acids is 1. The fourth-order valence-electron chi connectivity index (χ4n) is 1.64. The summed E-state index contributed by atoms with van der Waals surface area (Å²) >= 11 is 6.00. The molecule has 0 aliphatic carbocycles. The van der Waals surface area contributed by atoms with Crippen LogP contribution in [0.25, 0.3) is 0 Å². The van der Waals surface area contributed by atoms with Crippen LogP contribution >= 0.6 is 11.6 Å². The molecule has 2 aromatic heterocycles. The second-order valence-corrected chi connectivity index (χ2v) is 4.51. The molecule has 0 radical (unpaired) electrons. The zero-order chi connectivity index (χ0) is 13.3. The van der Waals surface area contributed by atoms with Crippen molar-refractivity contribution >= 4 is 17.5 Å². The third-order valence-electron chi connectivity index (χ3n) is 2.68. The summed E-state index contributed by atoms with van der Waals surface area (Å²) in [4.78, 5) is 13.6. The van der Waals surface area contributed by atoms with Crippen molar-refractivity contribution in [1.82, 2.24) is 24.5 Å². The predicted molar refractivity (Wildman–Crippen MR) is 67.2 cm³/mol. The molecule has 0 saturated heterocycles. The summed E-state index contributed by atoms with van der Waals surface area (Å²) in [7, 11) is 5.27. The van der Waals surface area contributed by atoms with Gasteiger partial charge < -0.3 is 4.90 Å². The van der Waals surface area contributed by atoms with Gasteiger partial charge in [-0.3, -0.25) is 14.2 Å². The van der Waals surface area contributed by atoms with E-state index in [-0.39, 0.29) is 5.91 Å². The second-order valence-electron chi connectivity index (χ2n) is 4.10. The molecule has 0 aliphatic rings. The Hall–Kier alpha value is -1.82. The average molecular weight is 268 g/mol. The molecule has 0 aromatic carbocycles. The molecule has 2 aromatic rings. The molecule has 96 valence electrons. The van der Waals surface area contributed by atoms with Crippen LogP contribution in [0.4, 0.5) is 0 Å². The van der Waals surface area contributed by atoms with E-state index in [0.29, 0.717) is 17.3 Å². The van der Waals surface area contributed by atoms with Gasteiger partial charge in [-0.25, -0.2) is 0 Å². The van der Waals surface area contributed by atoms with Gasteiger partial charge in [0.25, 0.3) is 5.91 Å². The van der Waals surface area contributed by atoms with E-state index in [0.717, 1.165) is 5.69 Å². The summed E-state index contributed by atoms with van der Waals surface area (Å²) in [5.74, 6) is -0.145. The van der Waals surface area contributed by atoms with Crippen LogP contribution in [0.15, 0.2) is 18.5 Å². The first-order valence-corrected chi connectivity index (χ1v) is 5.78. The summed E-state index contributed by atoms with van der Waals surface area (Å²) in [6.45, 7) is 0.394. The molecule has 2 rings (SSSR count). The number of halogens is 1.